The number of rotatable bonds is 3. The van der Waals surface area contributed by atoms with Gasteiger partial charge in [0.15, 0.2) is 0 Å². The van der Waals surface area contributed by atoms with E-state index in [-0.39, 0.29) is 17.9 Å². The van der Waals surface area contributed by atoms with Crippen LogP contribution in [0.2, 0.25) is 0 Å². The van der Waals surface area contributed by atoms with Crippen LogP contribution >= 0.6 is 0 Å². The molecule has 2 amide bonds. The minimum absolute atomic E-state index is 0.00610. The third kappa shape index (κ3) is 2.84. The van der Waals surface area contributed by atoms with Crippen LogP contribution in [0.5, 0.6) is 0 Å². The van der Waals surface area contributed by atoms with Crippen molar-refractivity contribution in [2.75, 3.05) is 13.6 Å². The third-order valence-corrected chi connectivity index (χ3v) is 4.26. The van der Waals surface area contributed by atoms with E-state index in [0.717, 1.165) is 36.5 Å². The molecule has 6 nitrogen and oxygen atoms in total. The van der Waals surface area contributed by atoms with Crippen LogP contribution in [0.15, 0.2) is 30.5 Å². The predicted octanol–water partition coefficient (Wildman–Crippen LogP) is 2.12. The Morgan fingerprint density at radius 2 is 2.13 bits per heavy atom. The number of nitrogens with zero attached hydrogens (tertiary/aromatic N) is 2. The van der Waals surface area contributed by atoms with Crippen LogP contribution in [-0.4, -0.2) is 40.3 Å². The van der Waals surface area contributed by atoms with Gasteiger partial charge in [-0.3, -0.25) is 9.59 Å². The van der Waals surface area contributed by atoms with Crippen LogP contribution in [0.3, 0.4) is 0 Å². The first-order chi connectivity index (χ1) is 11.1. The zero-order valence-electron chi connectivity index (χ0n) is 13.3. The van der Waals surface area contributed by atoms with E-state index in [4.69, 9.17) is 0 Å². The van der Waals surface area contributed by atoms with Crippen molar-refractivity contribution < 1.29 is 9.59 Å². The van der Waals surface area contributed by atoms with Crippen molar-refractivity contribution >= 4 is 11.8 Å². The van der Waals surface area contributed by atoms with Gasteiger partial charge in [-0.15, -0.1) is 0 Å². The molecule has 0 aliphatic carbocycles. The maximum atomic E-state index is 12.0. The molecule has 2 N–H and O–H groups in total. The molecule has 1 aliphatic heterocycles. The number of benzene rings is 1. The van der Waals surface area contributed by atoms with Crippen LogP contribution in [0.4, 0.5) is 0 Å². The summed E-state index contributed by atoms with van der Waals surface area (Å²) in [6.07, 6.45) is 3.62. The van der Waals surface area contributed by atoms with Gasteiger partial charge in [-0.25, -0.2) is 4.98 Å². The van der Waals surface area contributed by atoms with Crippen LogP contribution in [-0.2, 0) is 4.79 Å². The van der Waals surface area contributed by atoms with Crippen molar-refractivity contribution in [3.63, 3.8) is 0 Å². The average molecular weight is 312 g/mol. The Morgan fingerprint density at radius 3 is 2.87 bits per heavy atom. The Balaban J connectivity index is 1.94. The highest BCUT2D eigenvalue weighted by molar-refractivity contribution is 6.00. The second kappa shape index (κ2) is 6.24. The molecule has 23 heavy (non-hydrogen) atoms. The standard InChI is InChI=1S/C17H20N4O2/c1-11(22)21-9-5-8-15(21)16-19-10-14(20-16)12-6-3-4-7-13(12)17(23)18-2/h3-4,6-7,10,15H,5,8-9H2,1-2H3,(H,18,23)(H,19,20). The highest BCUT2D eigenvalue weighted by Crippen LogP contribution is 2.32. The highest BCUT2D eigenvalue weighted by Gasteiger charge is 2.30. The molecule has 0 spiro atoms. The Kier molecular flexibility index (Phi) is 4.14. The molecule has 6 heteroatoms. The second-order valence-electron chi connectivity index (χ2n) is 5.68. The number of nitrogens with one attached hydrogen (secondary N) is 2. The normalized spacial score (nSPS) is 17.3. The Morgan fingerprint density at radius 1 is 1.35 bits per heavy atom. The van der Waals surface area contributed by atoms with Gasteiger partial charge in [0.05, 0.1) is 17.9 Å². The number of likely N-dealkylation sites (tertiary alicyclic amines) is 1. The molecular weight excluding hydrogens is 292 g/mol. The largest absolute Gasteiger partial charge is 0.355 e. The molecule has 0 saturated carbocycles. The van der Waals surface area contributed by atoms with E-state index in [2.05, 4.69) is 15.3 Å². The lowest BCUT2D eigenvalue weighted by Gasteiger charge is -2.21. The van der Waals surface area contributed by atoms with Gasteiger partial charge in [-0.2, -0.15) is 0 Å². The number of hydrogen-bond donors (Lipinski definition) is 2. The highest BCUT2D eigenvalue weighted by atomic mass is 16.2. The number of hydrogen-bond acceptors (Lipinski definition) is 3. The third-order valence-electron chi connectivity index (χ3n) is 4.26. The molecule has 1 unspecified atom stereocenters. The number of aromatic amines is 1. The van der Waals surface area contributed by atoms with Gasteiger partial charge in [0, 0.05) is 31.6 Å². The molecule has 1 atom stereocenters. The van der Waals surface area contributed by atoms with Gasteiger partial charge >= 0.3 is 0 Å². The summed E-state index contributed by atoms with van der Waals surface area (Å²) in [7, 11) is 1.61. The average Bonchev–Trinajstić information content (AvgIpc) is 3.22. The lowest BCUT2D eigenvalue weighted by atomic mass is 10.0. The van der Waals surface area contributed by atoms with Gasteiger partial charge in [-0.05, 0) is 18.9 Å². The summed E-state index contributed by atoms with van der Waals surface area (Å²) in [5.74, 6) is 0.707. The van der Waals surface area contributed by atoms with Crippen molar-refractivity contribution in [1.29, 1.82) is 0 Å². The number of H-pyrrole nitrogens is 1. The Labute approximate surface area is 134 Å². The summed E-state index contributed by atoms with van der Waals surface area (Å²) in [5.41, 5.74) is 2.19. The van der Waals surface area contributed by atoms with Crippen LogP contribution < -0.4 is 5.32 Å². The van der Waals surface area contributed by atoms with Gasteiger partial charge in [0.25, 0.3) is 5.91 Å². The van der Waals surface area contributed by atoms with Crippen LogP contribution in [0.25, 0.3) is 11.3 Å². The quantitative estimate of drug-likeness (QED) is 0.911. The van der Waals surface area contributed by atoms with E-state index in [9.17, 15) is 9.59 Å². The number of carbonyl (C=O) groups is 2. The topological polar surface area (TPSA) is 78.1 Å². The Hall–Kier alpha value is -2.63. The maximum Gasteiger partial charge on any atom is 0.251 e. The summed E-state index contributed by atoms with van der Waals surface area (Å²) in [4.78, 5) is 33.3. The summed E-state index contributed by atoms with van der Waals surface area (Å²) in [6, 6.07) is 7.39. The van der Waals surface area contributed by atoms with Crippen molar-refractivity contribution in [1.82, 2.24) is 20.2 Å². The molecular formula is C17H20N4O2. The van der Waals surface area contributed by atoms with E-state index in [1.165, 1.54) is 0 Å². The van der Waals surface area contributed by atoms with E-state index in [0.29, 0.717) is 5.56 Å². The smallest absolute Gasteiger partial charge is 0.251 e. The molecule has 0 radical (unpaired) electrons. The molecule has 120 valence electrons. The van der Waals surface area contributed by atoms with E-state index in [1.54, 1.807) is 26.2 Å². The van der Waals surface area contributed by atoms with Gasteiger partial charge in [0.2, 0.25) is 5.91 Å². The zero-order chi connectivity index (χ0) is 16.4. The van der Waals surface area contributed by atoms with Crippen molar-refractivity contribution in [2.24, 2.45) is 0 Å². The van der Waals surface area contributed by atoms with Crippen molar-refractivity contribution in [3.8, 4) is 11.3 Å². The molecule has 3 rings (SSSR count). The zero-order valence-corrected chi connectivity index (χ0v) is 13.3. The molecule has 1 aromatic heterocycles. The molecule has 1 saturated heterocycles. The second-order valence-corrected chi connectivity index (χ2v) is 5.68. The van der Waals surface area contributed by atoms with E-state index < -0.39 is 0 Å². The minimum atomic E-state index is -0.136. The van der Waals surface area contributed by atoms with E-state index >= 15 is 0 Å². The number of imidazole rings is 1. The van der Waals surface area contributed by atoms with Crippen LogP contribution in [0, 0.1) is 0 Å². The molecule has 0 bridgehead atoms. The molecule has 1 aromatic carbocycles. The minimum Gasteiger partial charge on any atom is -0.355 e. The van der Waals surface area contributed by atoms with Gasteiger partial charge in [-0.1, -0.05) is 18.2 Å². The number of amides is 2. The number of aromatic nitrogens is 2. The fourth-order valence-corrected chi connectivity index (χ4v) is 3.12. The fourth-order valence-electron chi connectivity index (χ4n) is 3.12. The monoisotopic (exact) mass is 312 g/mol. The van der Waals surface area contributed by atoms with Crippen molar-refractivity contribution in [3.05, 3.63) is 41.9 Å². The molecule has 2 heterocycles. The lowest BCUT2D eigenvalue weighted by molar-refractivity contribution is -0.129. The summed E-state index contributed by atoms with van der Waals surface area (Å²) < 4.78 is 0. The lowest BCUT2D eigenvalue weighted by Crippen LogP contribution is -2.28. The van der Waals surface area contributed by atoms with Gasteiger partial charge in [0.1, 0.15) is 5.82 Å². The first-order valence-electron chi connectivity index (χ1n) is 7.75. The molecule has 1 fully saturated rings. The van der Waals surface area contributed by atoms with E-state index in [1.807, 2.05) is 23.1 Å². The van der Waals surface area contributed by atoms with Gasteiger partial charge < -0.3 is 15.2 Å². The summed E-state index contributed by atoms with van der Waals surface area (Å²) >= 11 is 0. The predicted molar refractivity (Wildman–Crippen MR) is 86.8 cm³/mol. The first kappa shape index (κ1) is 15.3. The summed E-state index contributed by atoms with van der Waals surface area (Å²) in [5, 5.41) is 2.65. The van der Waals surface area contributed by atoms with Crippen LogP contribution in [0.1, 0.15) is 42.0 Å². The SMILES string of the molecule is CNC(=O)c1ccccc1-c1cnc(C2CCCN2C(C)=O)[nH]1. The molecule has 2 aromatic rings. The summed E-state index contributed by atoms with van der Waals surface area (Å²) in [6.45, 7) is 2.36. The number of carbonyl (C=O) groups excluding carboxylic acids is 2. The fraction of sp³-hybridized carbons (Fsp3) is 0.353. The maximum absolute atomic E-state index is 12.0. The first-order valence-corrected chi connectivity index (χ1v) is 7.75. The molecule has 1 aliphatic rings. The Bertz CT molecular complexity index is 738. The van der Waals surface area contributed by atoms with Crippen molar-refractivity contribution in [2.45, 2.75) is 25.8 Å².